The second-order valence-corrected chi connectivity index (χ2v) is 6.60. The molecule has 2 heteroatoms. The van der Waals surface area contributed by atoms with Crippen molar-refractivity contribution in [2.45, 2.75) is 52.0 Å². The van der Waals surface area contributed by atoms with Crippen LogP contribution in [0.3, 0.4) is 0 Å². The Balaban J connectivity index is 1.95. The van der Waals surface area contributed by atoms with E-state index in [4.69, 9.17) is 5.73 Å². The molecule has 112 valence electrons. The number of rotatable bonds is 3. The van der Waals surface area contributed by atoms with Gasteiger partial charge in [0.2, 0.25) is 0 Å². The quantitative estimate of drug-likeness (QED) is 0.881. The minimum absolute atomic E-state index is 0.144. The summed E-state index contributed by atoms with van der Waals surface area (Å²) < 4.78 is 0. The lowest BCUT2D eigenvalue weighted by molar-refractivity contribution is 0.231. The van der Waals surface area contributed by atoms with Crippen LogP contribution in [0.5, 0.6) is 0 Å². The van der Waals surface area contributed by atoms with Crippen molar-refractivity contribution in [3.63, 3.8) is 0 Å². The van der Waals surface area contributed by atoms with Gasteiger partial charge in [0.15, 0.2) is 0 Å². The standard InChI is InChI=1S/C19H26N2/c1-3-14-7-6-8-15(12-14)19(20)17-11-13(2)21-18-10-5-4-9-16(17)18/h4-5,9-11,14-15,19H,3,6-8,12,20H2,1-2H3. The smallest absolute Gasteiger partial charge is 0.0708 e. The largest absolute Gasteiger partial charge is 0.324 e. The molecule has 0 spiro atoms. The lowest BCUT2D eigenvalue weighted by Crippen LogP contribution is -2.27. The number of aromatic nitrogens is 1. The molecule has 0 radical (unpaired) electrons. The first-order valence-corrected chi connectivity index (χ1v) is 8.31. The molecule has 0 amide bonds. The van der Waals surface area contributed by atoms with Gasteiger partial charge in [-0.3, -0.25) is 4.98 Å². The van der Waals surface area contributed by atoms with Gasteiger partial charge in [0.1, 0.15) is 0 Å². The number of nitrogens with zero attached hydrogens (tertiary/aromatic N) is 1. The van der Waals surface area contributed by atoms with Crippen LogP contribution in [0.15, 0.2) is 30.3 Å². The van der Waals surface area contributed by atoms with Crippen molar-refractivity contribution >= 4 is 10.9 Å². The average molecular weight is 282 g/mol. The van der Waals surface area contributed by atoms with Crippen molar-refractivity contribution in [3.8, 4) is 0 Å². The van der Waals surface area contributed by atoms with E-state index >= 15 is 0 Å². The number of pyridine rings is 1. The summed E-state index contributed by atoms with van der Waals surface area (Å²) in [5, 5.41) is 1.23. The maximum Gasteiger partial charge on any atom is 0.0708 e. The first-order valence-electron chi connectivity index (χ1n) is 8.31. The van der Waals surface area contributed by atoms with Gasteiger partial charge in [-0.2, -0.15) is 0 Å². The minimum atomic E-state index is 0.144. The van der Waals surface area contributed by atoms with Crippen molar-refractivity contribution < 1.29 is 0 Å². The summed E-state index contributed by atoms with van der Waals surface area (Å²) in [5.74, 6) is 1.48. The molecule has 0 saturated heterocycles. The molecule has 2 aromatic rings. The van der Waals surface area contributed by atoms with E-state index in [2.05, 4.69) is 49.2 Å². The zero-order valence-corrected chi connectivity index (χ0v) is 13.2. The van der Waals surface area contributed by atoms with E-state index < -0.39 is 0 Å². The SMILES string of the molecule is CCC1CCCC(C(N)c2cc(C)nc3ccccc23)C1. The molecule has 1 aliphatic carbocycles. The molecule has 2 N–H and O–H groups in total. The number of benzene rings is 1. The first-order chi connectivity index (χ1) is 10.2. The lowest BCUT2D eigenvalue weighted by Gasteiger charge is -2.33. The molecular formula is C19H26N2. The minimum Gasteiger partial charge on any atom is -0.324 e. The topological polar surface area (TPSA) is 38.9 Å². The highest BCUT2D eigenvalue weighted by atomic mass is 14.7. The van der Waals surface area contributed by atoms with E-state index in [-0.39, 0.29) is 6.04 Å². The Kier molecular flexibility index (Phi) is 4.25. The van der Waals surface area contributed by atoms with Gasteiger partial charge in [-0.1, -0.05) is 44.4 Å². The summed E-state index contributed by atoms with van der Waals surface area (Å²) in [7, 11) is 0. The highest BCUT2D eigenvalue weighted by Gasteiger charge is 2.27. The molecule has 1 saturated carbocycles. The van der Waals surface area contributed by atoms with Gasteiger partial charge in [-0.25, -0.2) is 0 Å². The lowest BCUT2D eigenvalue weighted by atomic mass is 9.75. The molecule has 1 aromatic carbocycles. The van der Waals surface area contributed by atoms with Crippen LogP contribution in [-0.4, -0.2) is 4.98 Å². The van der Waals surface area contributed by atoms with Crippen LogP contribution in [-0.2, 0) is 0 Å². The first kappa shape index (κ1) is 14.5. The molecule has 2 nitrogen and oxygen atoms in total. The van der Waals surface area contributed by atoms with E-state index in [9.17, 15) is 0 Å². The average Bonchev–Trinajstić information content (AvgIpc) is 2.53. The number of nitrogens with two attached hydrogens (primary N) is 1. The van der Waals surface area contributed by atoms with Gasteiger partial charge in [0.25, 0.3) is 0 Å². The number of hydrogen-bond donors (Lipinski definition) is 1. The Hall–Kier alpha value is -1.41. The highest BCUT2D eigenvalue weighted by molar-refractivity contribution is 5.82. The van der Waals surface area contributed by atoms with Crippen molar-refractivity contribution in [1.82, 2.24) is 4.98 Å². The second kappa shape index (κ2) is 6.15. The van der Waals surface area contributed by atoms with Crippen LogP contribution in [0.4, 0.5) is 0 Å². The van der Waals surface area contributed by atoms with Crippen molar-refractivity contribution in [2.75, 3.05) is 0 Å². The molecule has 1 heterocycles. The Morgan fingerprint density at radius 2 is 2.10 bits per heavy atom. The third kappa shape index (κ3) is 2.96. The molecule has 1 fully saturated rings. The molecule has 3 atom stereocenters. The summed E-state index contributed by atoms with van der Waals surface area (Å²) in [5.41, 5.74) is 10.1. The summed E-state index contributed by atoms with van der Waals surface area (Å²) in [6, 6.07) is 10.7. The fourth-order valence-electron chi connectivity index (χ4n) is 3.90. The number of fused-ring (bicyclic) bond motifs is 1. The molecule has 1 aliphatic rings. The van der Waals surface area contributed by atoms with E-state index in [0.29, 0.717) is 5.92 Å². The van der Waals surface area contributed by atoms with Gasteiger partial charge in [-0.05, 0) is 49.3 Å². The van der Waals surface area contributed by atoms with E-state index in [0.717, 1.165) is 17.1 Å². The predicted molar refractivity (Wildman–Crippen MR) is 89.1 cm³/mol. The molecular weight excluding hydrogens is 256 g/mol. The maximum atomic E-state index is 6.69. The summed E-state index contributed by atoms with van der Waals surface area (Å²) in [6.45, 7) is 4.38. The Bertz CT molecular complexity index is 620. The molecule has 1 aromatic heterocycles. The highest BCUT2D eigenvalue weighted by Crippen LogP contribution is 2.38. The van der Waals surface area contributed by atoms with E-state index in [1.807, 2.05) is 0 Å². The zero-order chi connectivity index (χ0) is 14.8. The molecule has 21 heavy (non-hydrogen) atoms. The van der Waals surface area contributed by atoms with Crippen LogP contribution in [0.1, 0.15) is 56.3 Å². The van der Waals surface area contributed by atoms with Crippen LogP contribution in [0, 0.1) is 18.8 Å². The van der Waals surface area contributed by atoms with Crippen LogP contribution >= 0.6 is 0 Å². The summed E-state index contributed by atoms with van der Waals surface area (Å²) >= 11 is 0. The van der Waals surface area contributed by atoms with Gasteiger partial charge < -0.3 is 5.73 Å². The van der Waals surface area contributed by atoms with Crippen molar-refractivity contribution in [1.29, 1.82) is 0 Å². The van der Waals surface area contributed by atoms with Gasteiger partial charge in [-0.15, -0.1) is 0 Å². The second-order valence-electron chi connectivity index (χ2n) is 6.60. The summed E-state index contributed by atoms with van der Waals surface area (Å²) in [4.78, 5) is 4.64. The summed E-state index contributed by atoms with van der Waals surface area (Å²) in [6.07, 6.45) is 6.56. The molecule has 3 rings (SSSR count). The Labute approximate surface area is 127 Å². The van der Waals surface area contributed by atoms with Crippen LogP contribution in [0.2, 0.25) is 0 Å². The number of para-hydroxylation sites is 1. The van der Waals surface area contributed by atoms with E-state index in [1.165, 1.54) is 43.1 Å². The number of hydrogen-bond acceptors (Lipinski definition) is 2. The van der Waals surface area contributed by atoms with E-state index in [1.54, 1.807) is 0 Å². The monoisotopic (exact) mass is 282 g/mol. The van der Waals surface area contributed by atoms with Crippen LogP contribution in [0.25, 0.3) is 10.9 Å². The third-order valence-electron chi connectivity index (χ3n) is 5.14. The third-order valence-corrected chi connectivity index (χ3v) is 5.14. The fraction of sp³-hybridized carbons (Fsp3) is 0.526. The Morgan fingerprint density at radius 3 is 2.90 bits per heavy atom. The maximum absolute atomic E-state index is 6.69. The normalized spacial score (nSPS) is 24.1. The number of aryl methyl sites for hydroxylation is 1. The predicted octanol–water partition coefficient (Wildman–Crippen LogP) is 4.76. The fourth-order valence-corrected chi connectivity index (χ4v) is 3.90. The Morgan fingerprint density at radius 1 is 1.29 bits per heavy atom. The van der Waals surface area contributed by atoms with Gasteiger partial charge in [0.05, 0.1) is 5.52 Å². The molecule has 0 aliphatic heterocycles. The van der Waals surface area contributed by atoms with Crippen molar-refractivity contribution in [2.24, 2.45) is 17.6 Å². The van der Waals surface area contributed by atoms with Crippen LogP contribution < -0.4 is 5.73 Å². The van der Waals surface area contributed by atoms with Crippen molar-refractivity contribution in [3.05, 3.63) is 41.6 Å². The van der Waals surface area contributed by atoms with Gasteiger partial charge in [0, 0.05) is 17.1 Å². The molecule has 3 unspecified atom stereocenters. The molecule has 0 bridgehead atoms. The van der Waals surface area contributed by atoms with Gasteiger partial charge >= 0.3 is 0 Å². The zero-order valence-electron chi connectivity index (χ0n) is 13.2.